The molecule has 0 bridgehead atoms. The number of aromatic carboxylic acids is 1. The minimum atomic E-state index is -1.55. The zero-order chi connectivity index (χ0) is 14.0. The molecular formula is C9H4N6O4. The summed E-state index contributed by atoms with van der Waals surface area (Å²) in [7, 11) is 0. The molecule has 0 aromatic carbocycles. The highest BCUT2D eigenvalue weighted by Gasteiger charge is 2.26. The first-order valence-corrected chi connectivity index (χ1v) is 4.73. The summed E-state index contributed by atoms with van der Waals surface area (Å²) in [5.41, 5.74) is -1.56. The van der Waals surface area contributed by atoms with Gasteiger partial charge in [0.15, 0.2) is 11.5 Å². The van der Waals surface area contributed by atoms with Crippen LogP contribution in [0.15, 0.2) is 18.6 Å². The van der Waals surface area contributed by atoms with Crippen LogP contribution >= 0.6 is 0 Å². The number of hydrogen-bond acceptors (Lipinski definition) is 7. The molecular weight excluding hydrogens is 256 g/mol. The summed E-state index contributed by atoms with van der Waals surface area (Å²) in [6.07, 6.45) is 3.39. The summed E-state index contributed by atoms with van der Waals surface area (Å²) >= 11 is 0. The van der Waals surface area contributed by atoms with Crippen LogP contribution in [0, 0.1) is 21.4 Å². The first-order valence-electron chi connectivity index (χ1n) is 4.73. The highest BCUT2D eigenvalue weighted by atomic mass is 16.6. The Morgan fingerprint density at radius 2 is 2.16 bits per heavy atom. The van der Waals surface area contributed by atoms with E-state index in [-0.39, 0.29) is 11.5 Å². The van der Waals surface area contributed by atoms with Crippen LogP contribution < -0.4 is 0 Å². The standard InChI is InChI=1S/C9H4N6O4/c10-3-5-8(12-2-1-11-5)14-4-6(15(18)19)7(13-14)9(16)17/h1-2,4H,(H,16,17). The van der Waals surface area contributed by atoms with Gasteiger partial charge in [-0.25, -0.2) is 19.4 Å². The third-order valence-electron chi connectivity index (χ3n) is 2.10. The van der Waals surface area contributed by atoms with Crippen molar-refractivity contribution in [3.8, 4) is 11.9 Å². The Bertz CT molecular complexity index is 684. The van der Waals surface area contributed by atoms with Gasteiger partial charge < -0.3 is 5.11 Å². The number of nitro groups is 1. The van der Waals surface area contributed by atoms with Gasteiger partial charge in [-0.05, 0) is 0 Å². The third-order valence-corrected chi connectivity index (χ3v) is 2.10. The summed E-state index contributed by atoms with van der Waals surface area (Å²) in [4.78, 5) is 28.2. The van der Waals surface area contributed by atoms with E-state index in [1.165, 1.54) is 12.4 Å². The number of carbonyl (C=O) groups is 1. The van der Waals surface area contributed by atoms with E-state index in [1.807, 2.05) is 0 Å². The molecule has 0 aliphatic heterocycles. The van der Waals surface area contributed by atoms with Crippen LogP contribution in [-0.2, 0) is 0 Å². The molecule has 2 aromatic heterocycles. The molecule has 2 heterocycles. The quantitative estimate of drug-likeness (QED) is 0.605. The van der Waals surface area contributed by atoms with E-state index in [0.29, 0.717) is 0 Å². The van der Waals surface area contributed by atoms with E-state index in [0.717, 1.165) is 10.9 Å². The van der Waals surface area contributed by atoms with Gasteiger partial charge in [-0.15, -0.1) is 0 Å². The van der Waals surface area contributed by atoms with Crippen molar-refractivity contribution in [1.29, 1.82) is 5.26 Å². The Hall–Kier alpha value is -3.35. The number of nitriles is 1. The van der Waals surface area contributed by atoms with Crippen LogP contribution in [0.25, 0.3) is 5.82 Å². The van der Waals surface area contributed by atoms with E-state index in [2.05, 4.69) is 15.1 Å². The Labute approximate surface area is 104 Å². The molecule has 19 heavy (non-hydrogen) atoms. The minimum absolute atomic E-state index is 0.0828. The van der Waals surface area contributed by atoms with Crippen LogP contribution in [0.3, 0.4) is 0 Å². The molecule has 0 fully saturated rings. The Morgan fingerprint density at radius 1 is 1.47 bits per heavy atom. The summed E-state index contributed by atoms with van der Waals surface area (Å²) in [5, 5.41) is 31.9. The van der Waals surface area contributed by atoms with Gasteiger partial charge in [0.25, 0.3) is 0 Å². The molecule has 1 N–H and O–H groups in total. The molecule has 0 amide bonds. The zero-order valence-corrected chi connectivity index (χ0v) is 9.09. The van der Waals surface area contributed by atoms with Gasteiger partial charge in [0.2, 0.25) is 5.69 Å². The van der Waals surface area contributed by atoms with E-state index in [9.17, 15) is 14.9 Å². The SMILES string of the molecule is N#Cc1nccnc1-n1cc([N+](=O)[O-])c(C(=O)O)n1. The number of carboxylic acid groups (broad SMARTS) is 1. The number of carboxylic acids is 1. The van der Waals surface area contributed by atoms with Crippen molar-refractivity contribution in [2.24, 2.45) is 0 Å². The summed E-state index contributed by atoms with van der Waals surface area (Å²) in [6, 6.07) is 1.73. The Balaban J connectivity index is 2.65. The second-order valence-electron chi connectivity index (χ2n) is 3.21. The van der Waals surface area contributed by atoms with Crippen LogP contribution in [0.4, 0.5) is 5.69 Å². The lowest BCUT2D eigenvalue weighted by molar-refractivity contribution is -0.385. The fourth-order valence-electron chi connectivity index (χ4n) is 1.34. The van der Waals surface area contributed by atoms with Crippen LogP contribution in [0.1, 0.15) is 16.2 Å². The largest absolute Gasteiger partial charge is 0.476 e. The molecule has 10 nitrogen and oxygen atoms in total. The molecule has 94 valence electrons. The Kier molecular flexibility index (Phi) is 2.86. The van der Waals surface area contributed by atoms with Gasteiger partial charge in [-0.3, -0.25) is 10.1 Å². The lowest BCUT2D eigenvalue weighted by atomic mass is 10.4. The van der Waals surface area contributed by atoms with Crippen molar-refractivity contribution >= 4 is 11.7 Å². The summed E-state index contributed by atoms with van der Waals surface area (Å²) in [5.74, 6) is -1.63. The highest BCUT2D eigenvalue weighted by Crippen LogP contribution is 2.19. The van der Waals surface area contributed by atoms with Gasteiger partial charge in [-0.2, -0.15) is 10.4 Å². The second kappa shape index (κ2) is 4.49. The van der Waals surface area contributed by atoms with Crippen LogP contribution in [0.2, 0.25) is 0 Å². The van der Waals surface area contributed by atoms with Crippen LogP contribution in [-0.4, -0.2) is 35.7 Å². The van der Waals surface area contributed by atoms with E-state index >= 15 is 0 Å². The first kappa shape index (κ1) is 12.1. The fourth-order valence-corrected chi connectivity index (χ4v) is 1.34. The highest BCUT2D eigenvalue weighted by molar-refractivity contribution is 5.89. The average Bonchev–Trinajstić information content (AvgIpc) is 2.84. The van der Waals surface area contributed by atoms with Crippen molar-refractivity contribution in [3.63, 3.8) is 0 Å². The van der Waals surface area contributed by atoms with Gasteiger partial charge >= 0.3 is 11.7 Å². The van der Waals surface area contributed by atoms with E-state index in [1.54, 1.807) is 6.07 Å². The maximum absolute atomic E-state index is 10.8. The normalized spacial score (nSPS) is 9.84. The number of nitrogens with zero attached hydrogens (tertiary/aromatic N) is 6. The topological polar surface area (TPSA) is 148 Å². The maximum atomic E-state index is 10.8. The summed E-state index contributed by atoms with van der Waals surface area (Å²) in [6.45, 7) is 0. The third kappa shape index (κ3) is 2.07. The maximum Gasteiger partial charge on any atom is 0.363 e. The number of hydrogen-bond donors (Lipinski definition) is 1. The minimum Gasteiger partial charge on any atom is -0.476 e. The van der Waals surface area contributed by atoms with Crippen LogP contribution in [0.5, 0.6) is 0 Å². The first-order chi connectivity index (χ1) is 9.04. The smallest absolute Gasteiger partial charge is 0.363 e. The van der Waals surface area contributed by atoms with Gasteiger partial charge in [0.05, 0.1) is 4.92 Å². The van der Waals surface area contributed by atoms with E-state index in [4.69, 9.17) is 10.4 Å². The predicted octanol–water partition coefficient (Wildman–Crippen LogP) is 0.140. The van der Waals surface area contributed by atoms with Crippen molar-refractivity contribution in [2.75, 3.05) is 0 Å². The molecule has 10 heteroatoms. The molecule has 0 saturated heterocycles. The molecule has 0 spiro atoms. The molecule has 0 aliphatic rings. The van der Waals surface area contributed by atoms with E-state index < -0.39 is 22.3 Å². The molecule has 0 aliphatic carbocycles. The van der Waals surface area contributed by atoms with Crippen molar-refractivity contribution in [1.82, 2.24) is 19.7 Å². The number of rotatable bonds is 3. The van der Waals surface area contributed by atoms with Gasteiger partial charge in [0, 0.05) is 12.4 Å². The van der Waals surface area contributed by atoms with Gasteiger partial charge in [-0.1, -0.05) is 0 Å². The molecule has 0 atom stereocenters. The van der Waals surface area contributed by atoms with Crippen molar-refractivity contribution in [2.45, 2.75) is 0 Å². The fraction of sp³-hybridized carbons (Fsp3) is 0. The zero-order valence-electron chi connectivity index (χ0n) is 9.09. The van der Waals surface area contributed by atoms with Crippen molar-refractivity contribution < 1.29 is 14.8 Å². The lowest BCUT2D eigenvalue weighted by Gasteiger charge is -1.99. The molecule has 0 radical (unpaired) electrons. The molecule has 0 unspecified atom stereocenters. The molecule has 0 saturated carbocycles. The molecule has 2 aromatic rings. The number of aromatic nitrogens is 4. The van der Waals surface area contributed by atoms with Crippen molar-refractivity contribution in [3.05, 3.63) is 40.1 Å². The lowest BCUT2D eigenvalue weighted by Crippen LogP contribution is -2.05. The monoisotopic (exact) mass is 260 g/mol. The molecule has 2 rings (SSSR count). The average molecular weight is 260 g/mol. The second-order valence-corrected chi connectivity index (χ2v) is 3.21. The predicted molar refractivity (Wildman–Crippen MR) is 57.5 cm³/mol. The Morgan fingerprint density at radius 3 is 2.68 bits per heavy atom. The summed E-state index contributed by atoms with van der Waals surface area (Å²) < 4.78 is 0.840. The van der Waals surface area contributed by atoms with Gasteiger partial charge in [0.1, 0.15) is 12.3 Å².